The fourth-order valence-electron chi connectivity index (χ4n) is 4.26. The molecule has 184 valence electrons. The maximum absolute atomic E-state index is 12.6. The van der Waals surface area contributed by atoms with E-state index in [1.807, 2.05) is 25.7 Å². The number of amides is 2. The van der Waals surface area contributed by atoms with Gasteiger partial charge < -0.3 is 19.9 Å². The molecule has 0 spiro atoms. The third-order valence-electron chi connectivity index (χ3n) is 6.04. The van der Waals surface area contributed by atoms with Gasteiger partial charge in [-0.2, -0.15) is 0 Å². The van der Waals surface area contributed by atoms with Crippen LogP contribution in [-0.2, 0) is 9.53 Å². The average Bonchev–Trinajstić information content (AvgIpc) is 2.83. The molecule has 1 aliphatic heterocycles. The third-order valence-corrected chi connectivity index (χ3v) is 6.04. The van der Waals surface area contributed by atoms with Crippen molar-refractivity contribution in [1.29, 1.82) is 0 Å². The van der Waals surface area contributed by atoms with E-state index < -0.39 is 5.60 Å². The molecule has 1 N–H and O–H groups in total. The molecular formula is C28H39N3O3. The van der Waals surface area contributed by atoms with E-state index in [4.69, 9.17) is 4.74 Å². The fourth-order valence-corrected chi connectivity index (χ4v) is 4.26. The molecule has 0 aliphatic carbocycles. The molecule has 1 aliphatic rings. The van der Waals surface area contributed by atoms with E-state index in [9.17, 15) is 9.59 Å². The van der Waals surface area contributed by atoms with Crippen LogP contribution in [0.5, 0.6) is 0 Å². The van der Waals surface area contributed by atoms with Crippen LogP contribution in [-0.4, -0.2) is 66.7 Å². The topological polar surface area (TPSA) is 61.9 Å². The summed E-state index contributed by atoms with van der Waals surface area (Å²) in [6.07, 6.45) is 2.05. The molecule has 0 atom stereocenters. The van der Waals surface area contributed by atoms with Crippen molar-refractivity contribution >= 4 is 12.0 Å². The van der Waals surface area contributed by atoms with Gasteiger partial charge in [0.1, 0.15) is 5.60 Å². The molecule has 1 saturated heterocycles. The highest BCUT2D eigenvalue weighted by Crippen LogP contribution is 2.27. The van der Waals surface area contributed by atoms with Gasteiger partial charge in [0.2, 0.25) is 5.91 Å². The number of rotatable bonds is 9. The van der Waals surface area contributed by atoms with Crippen LogP contribution in [0.2, 0.25) is 0 Å². The molecule has 2 aromatic rings. The van der Waals surface area contributed by atoms with Crippen molar-refractivity contribution in [2.75, 3.05) is 39.3 Å². The summed E-state index contributed by atoms with van der Waals surface area (Å²) in [5.74, 6) is 0.523. The molecule has 0 radical (unpaired) electrons. The van der Waals surface area contributed by atoms with Gasteiger partial charge in [0.15, 0.2) is 0 Å². The van der Waals surface area contributed by atoms with E-state index in [1.165, 1.54) is 11.1 Å². The summed E-state index contributed by atoms with van der Waals surface area (Å²) >= 11 is 0. The van der Waals surface area contributed by atoms with Crippen molar-refractivity contribution in [3.05, 3.63) is 71.8 Å². The number of piperazine rings is 1. The summed E-state index contributed by atoms with van der Waals surface area (Å²) in [7, 11) is 0. The van der Waals surface area contributed by atoms with Gasteiger partial charge in [-0.3, -0.25) is 4.79 Å². The first kappa shape index (κ1) is 25.8. The lowest BCUT2D eigenvalue weighted by atomic mass is 9.88. The SMILES string of the molecule is CC(C)(C)OC(=O)N1CCN(C(=O)CCCNCCC(c2ccccc2)c2ccccc2)CC1. The fraction of sp³-hybridized carbons (Fsp3) is 0.500. The zero-order valence-electron chi connectivity index (χ0n) is 20.8. The number of carbonyl (C=O) groups excluding carboxylic acids is 2. The van der Waals surface area contributed by atoms with Gasteiger partial charge >= 0.3 is 6.09 Å². The monoisotopic (exact) mass is 465 g/mol. The second kappa shape index (κ2) is 12.6. The lowest BCUT2D eigenvalue weighted by Gasteiger charge is -2.35. The highest BCUT2D eigenvalue weighted by molar-refractivity contribution is 5.76. The van der Waals surface area contributed by atoms with Crippen LogP contribution >= 0.6 is 0 Å². The molecule has 34 heavy (non-hydrogen) atoms. The average molecular weight is 466 g/mol. The lowest BCUT2D eigenvalue weighted by Crippen LogP contribution is -2.51. The molecular weight excluding hydrogens is 426 g/mol. The summed E-state index contributed by atoms with van der Waals surface area (Å²) in [6.45, 7) is 9.50. The number of hydrogen-bond donors (Lipinski definition) is 1. The van der Waals surface area contributed by atoms with Crippen LogP contribution in [0.3, 0.4) is 0 Å². The van der Waals surface area contributed by atoms with Crippen molar-refractivity contribution in [3.8, 4) is 0 Å². The van der Waals surface area contributed by atoms with Gasteiger partial charge in [-0.25, -0.2) is 4.79 Å². The standard InChI is InChI=1S/C28H39N3O3/c1-28(2,3)34-27(33)31-21-19-30(20-22-31)26(32)15-10-17-29-18-16-25(23-11-6-4-7-12-23)24-13-8-5-9-14-24/h4-9,11-14,25,29H,10,15-22H2,1-3H3. The third kappa shape index (κ3) is 8.17. The minimum Gasteiger partial charge on any atom is -0.444 e. The second-order valence-electron chi connectivity index (χ2n) is 9.86. The van der Waals surface area contributed by atoms with Crippen LogP contribution in [0.25, 0.3) is 0 Å². The Bertz CT molecular complexity index is 849. The van der Waals surface area contributed by atoms with E-state index in [-0.39, 0.29) is 12.0 Å². The number of hydrogen-bond acceptors (Lipinski definition) is 4. The molecule has 2 amide bonds. The molecule has 1 fully saturated rings. The van der Waals surface area contributed by atoms with Crippen LogP contribution < -0.4 is 5.32 Å². The first-order valence-corrected chi connectivity index (χ1v) is 12.4. The molecule has 0 aromatic heterocycles. The van der Waals surface area contributed by atoms with Crippen molar-refractivity contribution in [1.82, 2.24) is 15.1 Å². The summed E-state index contributed by atoms with van der Waals surface area (Å²) in [6, 6.07) is 21.3. The van der Waals surface area contributed by atoms with E-state index in [0.29, 0.717) is 38.5 Å². The van der Waals surface area contributed by atoms with Gasteiger partial charge in [-0.05, 0) is 57.8 Å². The van der Waals surface area contributed by atoms with Crippen LogP contribution in [0, 0.1) is 0 Å². The van der Waals surface area contributed by atoms with Gasteiger partial charge in [-0.15, -0.1) is 0 Å². The lowest BCUT2D eigenvalue weighted by molar-refractivity contribution is -0.133. The van der Waals surface area contributed by atoms with E-state index in [0.717, 1.165) is 25.9 Å². The Morgan fingerprint density at radius 1 is 0.853 bits per heavy atom. The number of nitrogens with zero attached hydrogens (tertiary/aromatic N) is 2. The Kier molecular flexibility index (Phi) is 9.52. The minimum absolute atomic E-state index is 0.164. The van der Waals surface area contributed by atoms with Gasteiger partial charge in [0.05, 0.1) is 0 Å². The Hall–Kier alpha value is -2.86. The van der Waals surface area contributed by atoms with Crippen molar-refractivity contribution in [2.45, 2.75) is 51.6 Å². The maximum atomic E-state index is 12.6. The van der Waals surface area contributed by atoms with Crippen LogP contribution in [0.15, 0.2) is 60.7 Å². The molecule has 6 heteroatoms. The highest BCUT2D eigenvalue weighted by atomic mass is 16.6. The predicted octanol–water partition coefficient (Wildman–Crippen LogP) is 4.66. The maximum Gasteiger partial charge on any atom is 0.410 e. The van der Waals surface area contributed by atoms with Gasteiger partial charge in [0.25, 0.3) is 0 Å². The summed E-state index contributed by atoms with van der Waals surface area (Å²) in [4.78, 5) is 28.3. The number of ether oxygens (including phenoxy) is 1. The summed E-state index contributed by atoms with van der Waals surface area (Å²) in [5, 5.41) is 3.52. The molecule has 6 nitrogen and oxygen atoms in total. The highest BCUT2D eigenvalue weighted by Gasteiger charge is 2.27. The summed E-state index contributed by atoms with van der Waals surface area (Å²) < 4.78 is 5.42. The van der Waals surface area contributed by atoms with E-state index in [2.05, 4.69) is 66.0 Å². The smallest absolute Gasteiger partial charge is 0.410 e. The zero-order valence-corrected chi connectivity index (χ0v) is 20.8. The first-order valence-electron chi connectivity index (χ1n) is 12.4. The zero-order chi connectivity index (χ0) is 24.4. The van der Waals surface area contributed by atoms with Crippen molar-refractivity contribution < 1.29 is 14.3 Å². The first-order chi connectivity index (χ1) is 16.3. The van der Waals surface area contributed by atoms with Crippen LogP contribution in [0.4, 0.5) is 4.79 Å². The Morgan fingerprint density at radius 2 is 1.38 bits per heavy atom. The quantitative estimate of drug-likeness (QED) is 0.547. The summed E-state index contributed by atoms with van der Waals surface area (Å²) in [5.41, 5.74) is 2.16. The van der Waals surface area contributed by atoms with Crippen molar-refractivity contribution in [2.24, 2.45) is 0 Å². The number of nitrogens with one attached hydrogen (secondary N) is 1. The van der Waals surface area contributed by atoms with Gasteiger partial charge in [0, 0.05) is 38.5 Å². The van der Waals surface area contributed by atoms with Gasteiger partial charge in [-0.1, -0.05) is 60.7 Å². The molecule has 1 heterocycles. The Morgan fingerprint density at radius 3 is 1.91 bits per heavy atom. The molecule has 2 aromatic carbocycles. The minimum atomic E-state index is -0.501. The Labute approximate surface area is 204 Å². The van der Waals surface area contributed by atoms with E-state index >= 15 is 0 Å². The predicted molar refractivity (Wildman–Crippen MR) is 136 cm³/mol. The largest absolute Gasteiger partial charge is 0.444 e. The molecule has 0 unspecified atom stereocenters. The van der Waals surface area contributed by atoms with Crippen LogP contribution in [0.1, 0.15) is 57.1 Å². The van der Waals surface area contributed by atoms with Crippen molar-refractivity contribution in [3.63, 3.8) is 0 Å². The second-order valence-corrected chi connectivity index (χ2v) is 9.86. The molecule has 0 saturated carbocycles. The molecule has 0 bridgehead atoms. The normalized spacial score (nSPS) is 14.4. The van der Waals surface area contributed by atoms with E-state index in [1.54, 1.807) is 4.90 Å². The number of benzene rings is 2. The Balaban J connectivity index is 1.35. The molecule has 3 rings (SSSR count). The number of carbonyl (C=O) groups is 2.